The summed E-state index contributed by atoms with van der Waals surface area (Å²) in [5.74, 6) is 1.05. The van der Waals surface area contributed by atoms with Gasteiger partial charge in [-0.05, 0) is 68.8 Å². The van der Waals surface area contributed by atoms with Crippen LogP contribution >= 0.6 is 0 Å². The zero-order valence-corrected chi connectivity index (χ0v) is 18.7. The Morgan fingerprint density at radius 3 is 2.33 bits per heavy atom. The van der Waals surface area contributed by atoms with Crippen LogP contribution in [0.25, 0.3) is 28.1 Å². The minimum Gasteiger partial charge on any atom is -0.337 e. The van der Waals surface area contributed by atoms with Crippen LogP contribution in [0.15, 0.2) is 78.9 Å². The molecule has 6 rings (SSSR count). The summed E-state index contributed by atoms with van der Waals surface area (Å²) in [4.78, 5) is 22.7. The molecule has 3 aromatic carbocycles. The molecule has 33 heavy (non-hydrogen) atoms. The molecule has 2 saturated heterocycles. The molecule has 2 fully saturated rings. The van der Waals surface area contributed by atoms with Crippen LogP contribution in [-0.4, -0.2) is 57.5 Å². The SMILES string of the molecule is O=C(c1ccc(-n2c(-c3ccccc3)nc3ccccc32)cc1)N1CCC(N2CCCC2)C1. The van der Waals surface area contributed by atoms with Crippen molar-refractivity contribution in [3.05, 3.63) is 84.4 Å². The Hall–Kier alpha value is -3.44. The molecule has 1 unspecified atom stereocenters. The minimum absolute atomic E-state index is 0.141. The van der Waals surface area contributed by atoms with Crippen LogP contribution in [0.5, 0.6) is 0 Å². The molecule has 4 aromatic rings. The molecule has 1 amide bonds. The van der Waals surface area contributed by atoms with Crippen molar-refractivity contribution in [3.8, 4) is 17.1 Å². The zero-order valence-electron chi connectivity index (χ0n) is 18.7. The van der Waals surface area contributed by atoms with E-state index in [0.717, 1.165) is 53.2 Å². The van der Waals surface area contributed by atoms with Crippen molar-refractivity contribution >= 4 is 16.9 Å². The first-order chi connectivity index (χ1) is 16.3. The fraction of sp³-hybridized carbons (Fsp3) is 0.286. The van der Waals surface area contributed by atoms with Crippen LogP contribution in [0.1, 0.15) is 29.6 Å². The van der Waals surface area contributed by atoms with E-state index in [9.17, 15) is 4.79 Å². The minimum atomic E-state index is 0.141. The molecule has 0 N–H and O–H groups in total. The van der Waals surface area contributed by atoms with Crippen molar-refractivity contribution in [2.24, 2.45) is 0 Å². The summed E-state index contributed by atoms with van der Waals surface area (Å²) in [7, 11) is 0. The lowest BCUT2D eigenvalue weighted by Gasteiger charge is -2.23. The smallest absolute Gasteiger partial charge is 0.253 e. The number of imidazole rings is 1. The van der Waals surface area contributed by atoms with Crippen LogP contribution in [0.3, 0.4) is 0 Å². The van der Waals surface area contributed by atoms with E-state index in [-0.39, 0.29) is 5.91 Å². The Kier molecular flexibility index (Phi) is 5.19. The van der Waals surface area contributed by atoms with Gasteiger partial charge in [0.15, 0.2) is 0 Å². The van der Waals surface area contributed by atoms with Gasteiger partial charge in [0.25, 0.3) is 5.91 Å². The first-order valence-electron chi connectivity index (χ1n) is 11.9. The summed E-state index contributed by atoms with van der Waals surface area (Å²) in [6.45, 7) is 4.07. The highest BCUT2D eigenvalue weighted by Gasteiger charge is 2.32. The van der Waals surface area contributed by atoms with Crippen LogP contribution in [0, 0.1) is 0 Å². The number of carbonyl (C=O) groups excluding carboxylic acids is 1. The molecule has 1 aromatic heterocycles. The van der Waals surface area contributed by atoms with Crippen LogP contribution in [-0.2, 0) is 0 Å². The molecule has 2 aliphatic heterocycles. The first-order valence-corrected chi connectivity index (χ1v) is 11.9. The molecular formula is C28H28N4O. The van der Waals surface area contributed by atoms with Gasteiger partial charge in [-0.25, -0.2) is 4.98 Å². The Morgan fingerprint density at radius 1 is 0.818 bits per heavy atom. The average Bonchev–Trinajstić information content (AvgIpc) is 3.64. The van der Waals surface area contributed by atoms with Gasteiger partial charge >= 0.3 is 0 Å². The van der Waals surface area contributed by atoms with Crippen LogP contribution < -0.4 is 0 Å². The van der Waals surface area contributed by atoms with Crippen molar-refractivity contribution in [2.75, 3.05) is 26.2 Å². The largest absolute Gasteiger partial charge is 0.337 e. The lowest BCUT2D eigenvalue weighted by molar-refractivity contribution is 0.0780. The molecule has 3 heterocycles. The molecular weight excluding hydrogens is 408 g/mol. The highest BCUT2D eigenvalue weighted by atomic mass is 16.2. The number of para-hydroxylation sites is 2. The number of hydrogen-bond acceptors (Lipinski definition) is 3. The Bertz CT molecular complexity index is 1270. The van der Waals surface area contributed by atoms with Gasteiger partial charge in [-0.15, -0.1) is 0 Å². The topological polar surface area (TPSA) is 41.4 Å². The Labute approximate surface area is 194 Å². The summed E-state index contributed by atoms with van der Waals surface area (Å²) in [6, 6.07) is 27.0. The maximum absolute atomic E-state index is 13.2. The Morgan fingerprint density at radius 2 is 1.55 bits per heavy atom. The number of benzene rings is 3. The fourth-order valence-corrected chi connectivity index (χ4v) is 5.33. The Balaban J connectivity index is 1.29. The number of hydrogen-bond donors (Lipinski definition) is 0. The van der Waals surface area contributed by atoms with Crippen molar-refractivity contribution < 1.29 is 4.79 Å². The summed E-state index contributed by atoms with van der Waals surface area (Å²) in [5.41, 5.74) is 4.85. The number of rotatable bonds is 4. The summed E-state index contributed by atoms with van der Waals surface area (Å²) >= 11 is 0. The molecule has 166 valence electrons. The van der Waals surface area contributed by atoms with E-state index in [1.165, 1.54) is 25.9 Å². The van der Waals surface area contributed by atoms with Gasteiger partial charge in [-0.3, -0.25) is 14.3 Å². The molecule has 5 heteroatoms. The fourth-order valence-electron chi connectivity index (χ4n) is 5.33. The van der Waals surface area contributed by atoms with Gasteiger partial charge in [0.05, 0.1) is 11.0 Å². The molecule has 2 aliphatic rings. The molecule has 0 aliphatic carbocycles. The van der Waals surface area contributed by atoms with Crippen molar-refractivity contribution in [3.63, 3.8) is 0 Å². The number of aromatic nitrogens is 2. The number of carbonyl (C=O) groups is 1. The van der Waals surface area contributed by atoms with E-state index in [0.29, 0.717) is 6.04 Å². The highest BCUT2D eigenvalue weighted by Crippen LogP contribution is 2.29. The predicted octanol–water partition coefficient (Wildman–Crippen LogP) is 5.00. The van der Waals surface area contributed by atoms with Crippen molar-refractivity contribution in [1.29, 1.82) is 0 Å². The van der Waals surface area contributed by atoms with E-state index in [1.807, 2.05) is 65.6 Å². The summed E-state index contributed by atoms with van der Waals surface area (Å²) in [5, 5.41) is 0. The number of fused-ring (bicyclic) bond motifs is 1. The second kappa shape index (κ2) is 8.49. The molecule has 0 spiro atoms. The molecule has 1 atom stereocenters. The van der Waals surface area contributed by atoms with Gasteiger partial charge in [0, 0.05) is 35.9 Å². The number of nitrogens with zero attached hydrogens (tertiary/aromatic N) is 4. The quantitative estimate of drug-likeness (QED) is 0.452. The lowest BCUT2D eigenvalue weighted by Crippen LogP contribution is -2.37. The van der Waals surface area contributed by atoms with E-state index >= 15 is 0 Å². The second-order valence-corrected chi connectivity index (χ2v) is 9.11. The van der Waals surface area contributed by atoms with Gasteiger partial charge in [-0.2, -0.15) is 0 Å². The van der Waals surface area contributed by atoms with Gasteiger partial charge < -0.3 is 4.90 Å². The third-order valence-corrected chi connectivity index (χ3v) is 7.07. The molecule has 0 radical (unpaired) electrons. The summed E-state index contributed by atoms with van der Waals surface area (Å²) < 4.78 is 2.18. The standard InChI is InChI=1S/C28H28N4O/c33-28(31-19-16-24(20-31)30-17-6-7-18-30)22-12-14-23(15-13-22)32-26-11-5-4-10-25(26)29-27(32)21-8-2-1-3-9-21/h1-5,8-15,24H,6-7,16-20H2. The molecule has 0 saturated carbocycles. The third-order valence-electron chi connectivity index (χ3n) is 7.07. The van der Waals surface area contributed by atoms with E-state index < -0.39 is 0 Å². The predicted molar refractivity (Wildman–Crippen MR) is 132 cm³/mol. The number of amides is 1. The normalized spacial score (nSPS) is 18.9. The maximum Gasteiger partial charge on any atom is 0.253 e. The second-order valence-electron chi connectivity index (χ2n) is 9.11. The van der Waals surface area contributed by atoms with E-state index in [4.69, 9.17) is 4.98 Å². The summed E-state index contributed by atoms with van der Waals surface area (Å²) in [6.07, 6.45) is 3.67. The van der Waals surface area contributed by atoms with Crippen LogP contribution in [0.2, 0.25) is 0 Å². The maximum atomic E-state index is 13.2. The highest BCUT2D eigenvalue weighted by molar-refractivity contribution is 5.95. The van der Waals surface area contributed by atoms with E-state index in [2.05, 4.69) is 27.7 Å². The third kappa shape index (κ3) is 3.72. The molecule has 0 bridgehead atoms. The van der Waals surface area contributed by atoms with Gasteiger partial charge in [0.1, 0.15) is 5.82 Å². The van der Waals surface area contributed by atoms with Gasteiger partial charge in [0.2, 0.25) is 0 Å². The monoisotopic (exact) mass is 436 g/mol. The van der Waals surface area contributed by atoms with Crippen LogP contribution in [0.4, 0.5) is 0 Å². The average molecular weight is 437 g/mol. The van der Waals surface area contributed by atoms with Crippen molar-refractivity contribution in [2.45, 2.75) is 25.3 Å². The number of likely N-dealkylation sites (tertiary alicyclic amines) is 2. The van der Waals surface area contributed by atoms with Gasteiger partial charge in [-0.1, -0.05) is 42.5 Å². The zero-order chi connectivity index (χ0) is 22.2. The lowest BCUT2D eigenvalue weighted by atomic mass is 10.1. The van der Waals surface area contributed by atoms with Crippen molar-refractivity contribution in [1.82, 2.24) is 19.4 Å². The van der Waals surface area contributed by atoms with E-state index in [1.54, 1.807) is 0 Å². The first kappa shape index (κ1) is 20.2. The molecule has 5 nitrogen and oxygen atoms in total.